The molecular weight excluding hydrogens is 384 g/mol. The summed E-state index contributed by atoms with van der Waals surface area (Å²) in [5.74, 6) is -1.41. The van der Waals surface area contributed by atoms with Gasteiger partial charge in [0, 0.05) is 12.5 Å². The smallest absolute Gasteiger partial charge is 0.411 e. The summed E-state index contributed by atoms with van der Waals surface area (Å²) in [5.41, 5.74) is -0.447. The molecule has 1 N–H and O–H groups in total. The van der Waals surface area contributed by atoms with Crippen LogP contribution in [0.2, 0.25) is 0 Å². The largest absolute Gasteiger partial charge is 0.444 e. The van der Waals surface area contributed by atoms with Crippen molar-refractivity contribution < 1.29 is 27.8 Å². The molecule has 29 heavy (non-hydrogen) atoms. The minimum Gasteiger partial charge on any atom is -0.444 e. The number of nitrogens with one attached hydrogen (secondary N) is 1. The van der Waals surface area contributed by atoms with Gasteiger partial charge in [-0.05, 0) is 44.7 Å². The maximum absolute atomic E-state index is 15.0. The van der Waals surface area contributed by atoms with Crippen molar-refractivity contribution in [3.8, 4) is 0 Å². The van der Waals surface area contributed by atoms with Crippen LogP contribution in [-0.2, 0) is 27.1 Å². The van der Waals surface area contributed by atoms with Gasteiger partial charge < -0.3 is 19.3 Å². The first-order chi connectivity index (χ1) is 13.7. The monoisotopic (exact) mass is 407 g/mol. The molecule has 0 radical (unpaired) electrons. The third-order valence-electron chi connectivity index (χ3n) is 5.24. The molecule has 0 bridgehead atoms. The quantitative estimate of drug-likeness (QED) is 0.774. The molecular formula is C20H23F2N3O4. The Hall–Kier alpha value is -2.55. The van der Waals surface area contributed by atoms with Gasteiger partial charge in [-0.2, -0.15) is 0 Å². The number of rotatable bonds is 2. The molecule has 4 rings (SSSR count). The van der Waals surface area contributed by atoms with E-state index in [1.807, 2.05) is 0 Å². The SMILES string of the molecule is CC(C)(C)OC(=O)N1CCOC[C@H]1c1nc2c(F)c3c(c(F)c2[nH]1)CC(C=O)C3. The Morgan fingerprint density at radius 2 is 1.97 bits per heavy atom. The number of hydrogen-bond acceptors (Lipinski definition) is 5. The molecule has 9 heteroatoms. The van der Waals surface area contributed by atoms with Gasteiger partial charge in [0.2, 0.25) is 0 Å². The number of aromatic nitrogens is 2. The molecule has 1 unspecified atom stereocenters. The molecule has 1 saturated heterocycles. The summed E-state index contributed by atoms with van der Waals surface area (Å²) in [6.07, 6.45) is 0.520. The molecule has 1 aromatic heterocycles. The van der Waals surface area contributed by atoms with Crippen LogP contribution in [0, 0.1) is 17.6 Å². The summed E-state index contributed by atoms with van der Waals surface area (Å²) in [6.45, 7) is 6.04. The number of carbonyl (C=O) groups excluding carboxylic acids is 2. The molecule has 0 saturated carbocycles. The van der Waals surface area contributed by atoms with Gasteiger partial charge >= 0.3 is 6.09 Å². The summed E-state index contributed by atoms with van der Waals surface area (Å²) in [6, 6.07) is -0.651. The summed E-state index contributed by atoms with van der Waals surface area (Å²) in [5, 5.41) is 0. The number of morpholine rings is 1. The van der Waals surface area contributed by atoms with Crippen molar-refractivity contribution in [1.29, 1.82) is 0 Å². The third-order valence-corrected chi connectivity index (χ3v) is 5.24. The number of aldehydes is 1. The number of aromatic amines is 1. The van der Waals surface area contributed by atoms with E-state index in [4.69, 9.17) is 9.47 Å². The van der Waals surface area contributed by atoms with Gasteiger partial charge in [-0.25, -0.2) is 18.6 Å². The Balaban J connectivity index is 1.72. The fourth-order valence-electron chi connectivity index (χ4n) is 3.91. The molecule has 1 aliphatic heterocycles. The molecule has 0 spiro atoms. The molecule has 1 amide bonds. The minimum absolute atomic E-state index is 0.0579. The van der Waals surface area contributed by atoms with E-state index >= 15 is 8.78 Å². The molecule has 2 aromatic rings. The number of imidazole rings is 1. The van der Waals surface area contributed by atoms with E-state index in [1.165, 1.54) is 4.90 Å². The molecule has 1 aromatic carbocycles. The van der Waals surface area contributed by atoms with Gasteiger partial charge in [-0.3, -0.25) is 4.90 Å². The zero-order chi connectivity index (χ0) is 20.9. The van der Waals surface area contributed by atoms with Gasteiger partial charge in [0.25, 0.3) is 0 Å². The molecule has 1 fully saturated rings. The third kappa shape index (κ3) is 3.48. The number of benzene rings is 1. The van der Waals surface area contributed by atoms with Crippen LogP contribution in [0.1, 0.15) is 43.8 Å². The van der Waals surface area contributed by atoms with Crippen LogP contribution in [-0.4, -0.2) is 52.6 Å². The van der Waals surface area contributed by atoms with Crippen LogP contribution in [0.25, 0.3) is 11.0 Å². The van der Waals surface area contributed by atoms with Crippen molar-refractivity contribution in [1.82, 2.24) is 14.9 Å². The zero-order valence-electron chi connectivity index (χ0n) is 16.6. The Kier molecular flexibility index (Phi) is 4.80. The maximum Gasteiger partial charge on any atom is 0.411 e. The Bertz CT molecular complexity index is 933. The number of amides is 1. The fraction of sp³-hybridized carbons (Fsp3) is 0.550. The van der Waals surface area contributed by atoms with E-state index in [1.54, 1.807) is 20.8 Å². The standard InChI is InChI=1S/C20H23F2N3O4/c1-20(2,3)29-19(27)25-4-5-28-9-13(25)18-23-16-14(21)11-6-10(8-26)7-12(11)15(22)17(16)24-18/h8,10,13H,4-7,9H2,1-3H3,(H,23,24)/t13-/m0/s1. The molecule has 1 aliphatic carbocycles. The summed E-state index contributed by atoms with van der Waals surface area (Å²) in [7, 11) is 0. The van der Waals surface area contributed by atoms with Crippen LogP contribution in [0.3, 0.4) is 0 Å². The Labute approximate surface area is 166 Å². The first-order valence-electron chi connectivity index (χ1n) is 9.60. The Morgan fingerprint density at radius 1 is 1.28 bits per heavy atom. The average Bonchev–Trinajstić information content (AvgIpc) is 3.30. The maximum atomic E-state index is 15.0. The van der Waals surface area contributed by atoms with Crippen LogP contribution in [0.5, 0.6) is 0 Å². The van der Waals surface area contributed by atoms with Gasteiger partial charge in [0.15, 0.2) is 11.6 Å². The normalized spacial score (nSPS) is 20.2. The second kappa shape index (κ2) is 7.05. The fourth-order valence-corrected chi connectivity index (χ4v) is 3.91. The van der Waals surface area contributed by atoms with Crippen molar-refractivity contribution in [2.24, 2.45) is 5.92 Å². The summed E-state index contributed by atoms with van der Waals surface area (Å²) in [4.78, 5) is 32.2. The summed E-state index contributed by atoms with van der Waals surface area (Å²) >= 11 is 0. The number of halogens is 2. The number of fused-ring (bicyclic) bond motifs is 2. The molecule has 156 valence electrons. The van der Waals surface area contributed by atoms with Gasteiger partial charge in [-0.1, -0.05) is 0 Å². The number of carbonyl (C=O) groups is 2. The highest BCUT2D eigenvalue weighted by Crippen LogP contribution is 2.36. The van der Waals surface area contributed by atoms with Crippen molar-refractivity contribution in [2.75, 3.05) is 19.8 Å². The topological polar surface area (TPSA) is 84.5 Å². The van der Waals surface area contributed by atoms with Crippen LogP contribution >= 0.6 is 0 Å². The molecule has 2 aliphatic rings. The molecule has 7 nitrogen and oxygen atoms in total. The lowest BCUT2D eigenvalue weighted by Gasteiger charge is -2.35. The van der Waals surface area contributed by atoms with Crippen LogP contribution in [0.15, 0.2) is 0 Å². The molecule has 2 heterocycles. The molecule has 2 atom stereocenters. The predicted molar refractivity (Wildman–Crippen MR) is 99.5 cm³/mol. The van der Waals surface area contributed by atoms with Gasteiger partial charge in [0.1, 0.15) is 34.8 Å². The number of hydrogen-bond donors (Lipinski definition) is 1. The number of nitrogens with zero attached hydrogens (tertiary/aromatic N) is 2. The van der Waals surface area contributed by atoms with E-state index < -0.39 is 35.3 Å². The minimum atomic E-state index is -0.679. The lowest BCUT2D eigenvalue weighted by molar-refractivity contribution is -0.110. The second-order valence-electron chi connectivity index (χ2n) is 8.50. The number of H-pyrrole nitrogens is 1. The average molecular weight is 407 g/mol. The van der Waals surface area contributed by atoms with Crippen molar-refractivity contribution in [3.63, 3.8) is 0 Å². The highest BCUT2D eigenvalue weighted by molar-refractivity contribution is 5.80. The second-order valence-corrected chi connectivity index (χ2v) is 8.50. The van der Waals surface area contributed by atoms with Crippen LogP contribution < -0.4 is 0 Å². The highest BCUT2D eigenvalue weighted by Gasteiger charge is 2.36. The van der Waals surface area contributed by atoms with E-state index in [-0.39, 0.29) is 54.0 Å². The van der Waals surface area contributed by atoms with Crippen molar-refractivity contribution in [3.05, 3.63) is 28.6 Å². The zero-order valence-corrected chi connectivity index (χ0v) is 16.6. The Morgan fingerprint density at radius 3 is 2.62 bits per heavy atom. The van der Waals surface area contributed by atoms with Gasteiger partial charge in [0.05, 0.1) is 13.2 Å². The first kappa shape index (κ1) is 19.8. The van der Waals surface area contributed by atoms with E-state index in [9.17, 15) is 9.59 Å². The lowest BCUT2D eigenvalue weighted by Crippen LogP contribution is -2.46. The van der Waals surface area contributed by atoms with Crippen molar-refractivity contribution >= 4 is 23.4 Å². The van der Waals surface area contributed by atoms with Crippen LogP contribution in [0.4, 0.5) is 13.6 Å². The van der Waals surface area contributed by atoms with E-state index in [2.05, 4.69) is 9.97 Å². The van der Waals surface area contributed by atoms with E-state index in [0.717, 1.165) is 6.29 Å². The predicted octanol–water partition coefficient (Wildman–Crippen LogP) is 3.06. The first-order valence-corrected chi connectivity index (χ1v) is 9.60. The van der Waals surface area contributed by atoms with E-state index in [0.29, 0.717) is 6.61 Å². The highest BCUT2D eigenvalue weighted by atomic mass is 19.1. The lowest BCUT2D eigenvalue weighted by atomic mass is 10.1. The van der Waals surface area contributed by atoms with Gasteiger partial charge in [-0.15, -0.1) is 0 Å². The summed E-state index contributed by atoms with van der Waals surface area (Å²) < 4.78 is 41.0. The van der Waals surface area contributed by atoms with Crippen molar-refractivity contribution in [2.45, 2.75) is 45.3 Å². The number of ether oxygens (including phenoxy) is 2.